The predicted octanol–water partition coefficient (Wildman–Crippen LogP) is -2.35. The zero-order chi connectivity index (χ0) is 23.6. The molecule has 2 aliphatic rings. The molecule has 6 N–H and O–H groups in total. The summed E-state index contributed by atoms with van der Waals surface area (Å²) in [5.74, 6) is -3.10. The Kier molecular flexibility index (Phi) is 8.72. The summed E-state index contributed by atoms with van der Waals surface area (Å²) in [6, 6.07) is 0. The maximum absolute atomic E-state index is 11.7. The van der Waals surface area contributed by atoms with E-state index in [0.29, 0.717) is 0 Å². The summed E-state index contributed by atoms with van der Waals surface area (Å²) in [7, 11) is 0. The summed E-state index contributed by atoms with van der Waals surface area (Å²) >= 11 is 0. The normalized spacial score (nSPS) is 41.5. The SMILES string of the molecule is CC(C)O[C@@H]1OC(C(=O)O)[C@@H](O[C@@H]2OC(C(=O)O)[C@@H](OC(C)C)[C@H](O)C2O)[C@H](O)C1O. The molecule has 0 saturated carbocycles. The van der Waals surface area contributed by atoms with E-state index >= 15 is 0 Å². The Morgan fingerprint density at radius 3 is 1.58 bits per heavy atom. The fourth-order valence-corrected chi connectivity index (χ4v) is 3.34. The minimum absolute atomic E-state index is 0.466. The average molecular weight is 454 g/mol. The van der Waals surface area contributed by atoms with Crippen LogP contribution in [0.3, 0.4) is 0 Å². The fourth-order valence-electron chi connectivity index (χ4n) is 3.34. The van der Waals surface area contributed by atoms with Crippen molar-refractivity contribution in [2.45, 2.75) is 101 Å². The van der Waals surface area contributed by atoms with E-state index in [0.717, 1.165) is 0 Å². The summed E-state index contributed by atoms with van der Waals surface area (Å²) < 4.78 is 26.4. The van der Waals surface area contributed by atoms with Crippen LogP contribution in [-0.4, -0.2) is 116 Å². The van der Waals surface area contributed by atoms with Crippen LogP contribution in [0.1, 0.15) is 27.7 Å². The van der Waals surface area contributed by atoms with E-state index in [1.807, 2.05) is 0 Å². The topological polar surface area (TPSA) is 202 Å². The van der Waals surface area contributed by atoms with Crippen LogP contribution in [0, 0.1) is 0 Å². The number of rotatable bonds is 8. The van der Waals surface area contributed by atoms with Crippen molar-refractivity contribution in [2.24, 2.45) is 0 Å². The maximum Gasteiger partial charge on any atom is 0.335 e. The van der Waals surface area contributed by atoms with Crippen molar-refractivity contribution in [1.29, 1.82) is 0 Å². The average Bonchev–Trinajstić information content (AvgIpc) is 2.65. The van der Waals surface area contributed by atoms with Gasteiger partial charge in [0.25, 0.3) is 0 Å². The van der Waals surface area contributed by atoms with E-state index in [4.69, 9.17) is 23.7 Å². The molecule has 2 saturated heterocycles. The quantitative estimate of drug-likeness (QED) is 0.228. The van der Waals surface area contributed by atoms with Gasteiger partial charge in [-0.25, -0.2) is 9.59 Å². The molecule has 0 aromatic rings. The van der Waals surface area contributed by atoms with Gasteiger partial charge in [-0.2, -0.15) is 0 Å². The number of aliphatic hydroxyl groups is 4. The van der Waals surface area contributed by atoms with Gasteiger partial charge < -0.3 is 54.3 Å². The number of hydrogen-bond donors (Lipinski definition) is 6. The molecular weight excluding hydrogens is 424 g/mol. The lowest BCUT2D eigenvalue weighted by atomic mass is 9.96. The first-order valence-electron chi connectivity index (χ1n) is 9.80. The molecule has 13 nitrogen and oxygen atoms in total. The van der Waals surface area contributed by atoms with Gasteiger partial charge >= 0.3 is 11.9 Å². The first-order chi connectivity index (χ1) is 14.3. The second-order valence-corrected chi connectivity index (χ2v) is 7.92. The van der Waals surface area contributed by atoms with Crippen molar-refractivity contribution < 1.29 is 63.9 Å². The van der Waals surface area contributed by atoms with E-state index in [9.17, 15) is 40.2 Å². The molecule has 0 aromatic heterocycles. The van der Waals surface area contributed by atoms with Gasteiger partial charge in [0.05, 0.1) is 12.2 Å². The summed E-state index contributed by atoms with van der Waals surface area (Å²) in [4.78, 5) is 23.3. The third kappa shape index (κ3) is 5.88. The van der Waals surface area contributed by atoms with Gasteiger partial charge in [0.1, 0.15) is 36.6 Å². The summed E-state index contributed by atoms with van der Waals surface area (Å²) in [5, 5.41) is 60.3. The molecule has 2 aliphatic heterocycles. The lowest BCUT2D eigenvalue weighted by molar-refractivity contribution is -0.355. The van der Waals surface area contributed by atoms with Crippen LogP contribution in [-0.2, 0) is 33.3 Å². The molecule has 31 heavy (non-hydrogen) atoms. The molecule has 13 heteroatoms. The lowest BCUT2D eigenvalue weighted by Crippen LogP contribution is -2.66. The van der Waals surface area contributed by atoms with Gasteiger partial charge in [0.2, 0.25) is 0 Å². The molecule has 0 radical (unpaired) electrons. The van der Waals surface area contributed by atoms with E-state index in [-0.39, 0.29) is 0 Å². The molecule has 2 heterocycles. The minimum Gasteiger partial charge on any atom is -0.479 e. The van der Waals surface area contributed by atoms with E-state index in [1.54, 1.807) is 27.7 Å². The van der Waals surface area contributed by atoms with Gasteiger partial charge in [-0.05, 0) is 27.7 Å². The van der Waals surface area contributed by atoms with Crippen molar-refractivity contribution >= 4 is 11.9 Å². The Morgan fingerprint density at radius 2 is 1.10 bits per heavy atom. The number of ether oxygens (including phenoxy) is 5. The predicted molar refractivity (Wildman–Crippen MR) is 97.7 cm³/mol. The molecule has 0 aromatic carbocycles. The molecule has 2 rings (SSSR count). The van der Waals surface area contributed by atoms with Crippen LogP contribution < -0.4 is 0 Å². The van der Waals surface area contributed by atoms with Crippen molar-refractivity contribution in [2.75, 3.05) is 0 Å². The second kappa shape index (κ2) is 10.5. The first-order valence-corrected chi connectivity index (χ1v) is 9.80. The van der Waals surface area contributed by atoms with Crippen LogP contribution in [0.5, 0.6) is 0 Å². The standard InChI is InChI=1S/C18H30O13/c1-5(2)27-11-7(19)10(22)18(31-13(11)15(23)24)29-12-8(20)9(21)17(28-6(3)4)30-14(12)16(25)26/h5-14,17-22H,1-4H3,(H,23,24)(H,25,26)/t7-,8-,9?,10?,11+,12+,13?,14?,17-,18-/m1/s1. The molecule has 0 aliphatic carbocycles. The van der Waals surface area contributed by atoms with E-state index < -0.39 is 85.6 Å². The third-order valence-corrected chi connectivity index (χ3v) is 4.70. The number of aliphatic hydroxyl groups excluding tert-OH is 4. The van der Waals surface area contributed by atoms with Gasteiger partial charge in [0.15, 0.2) is 24.8 Å². The van der Waals surface area contributed by atoms with Crippen LogP contribution in [0.2, 0.25) is 0 Å². The number of carboxylic acids is 2. The first kappa shape index (κ1) is 25.8. The molecule has 2 fully saturated rings. The lowest BCUT2D eigenvalue weighted by Gasteiger charge is -2.45. The van der Waals surface area contributed by atoms with Gasteiger partial charge in [0, 0.05) is 0 Å². The number of hydrogen-bond acceptors (Lipinski definition) is 11. The van der Waals surface area contributed by atoms with E-state index in [1.165, 1.54) is 0 Å². The number of carboxylic acid groups (broad SMARTS) is 2. The van der Waals surface area contributed by atoms with Crippen molar-refractivity contribution in [3.63, 3.8) is 0 Å². The van der Waals surface area contributed by atoms with Crippen molar-refractivity contribution in [3.8, 4) is 0 Å². The Hall–Kier alpha value is -1.42. The van der Waals surface area contributed by atoms with Gasteiger partial charge in [-0.1, -0.05) is 0 Å². The van der Waals surface area contributed by atoms with Crippen LogP contribution in [0.15, 0.2) is 0 Å². The Morgan fingerprint density at radius 1 is 0.677 bits per heavy atom. The molecule has 10 atom stereocenters. The molecule has 180 valence electrons. The second-order valence-electron chi connectivity index (χ2n) is 7.92. The fraction of sp³-hybridized carbons (Fsp3) is 0.889. The third-order valence-electron chi connectivity index (χ3n) is 4.70. The van der Waals surface area contributed by atoms with Gasteiger partial charge in [-0.3, -0.25) is 0 Å². The Bertz CT molecular complexity index is 626. The maximum atomic E-state index is 11.7. The summed E-state index contributed by atoms with van der Waals surface area (Å²) in [5.41, 5.74) is 0. The highest BCUT2D eigenvalue weighted by Crippen LogP contribution is 2.31. The zero-order valence-corrected chi connectivity index (χ0v) is 17.5. The molecule has 4 unspecified atom stereocenters. The molecule has 0 amide bonds. The highest BCUT2D eigenvalue weighted by molar-refractivity contribution is 5.74. The van der Waals surface area contributed by atoms with Crippen LogP contribution >= 0.6 is 0 Å². The summed E-state index contributed by atoms with van der Waals surface area (Å²) in [6.07, 6.45) is -18.4. The van der Waals surface area contributed by atoms with Crippen molar-refractivity contribution in [3.05, 3.63) is 0 Å². The highest BCUT2D eigenvalue weighted by Gasteiger charge is 2.54. The smallest absolute Gasteiger partial charge is 0.335 e. The zero-order valence-electron chi connectivity index (χ0n) is 17.5. The van der Waals surface area contributed by atoms with Crippen LogP contribution in [0.4, 0.5) is 0 Å². The number of carbonyl (C=O) groups is 2. The Balaban J connectivity index is 2.24. The van der Waals surface area contributed by atoms with Crippen LogP contribution in [0.25, 0.3) is 0 Å². The number of aliphatic carboxylic acids is 2. The minimum atomic E-state index is -1.87. The summed E-state index contributed by atoms with van der Waals surface area (Å²) in [6.45, 7) is 6.39. The highest BCUT2D eigenvalue weighted by atomic mass is 16.7. The molecular formula is C18H30O13. The molecule has 0 bridgehead atoms. The monoisotopic (exact) mass is 454 g/mol. The Labute approximate surface area is 178 Å². The van der Waals surface area contributed by atoms with Gasteiger partial charge in [-0.15, -0.1) is 0 Å². The van der Waals surface area contributed by atoms with Crippen molar-refractivity contribution in [1.82, 2.24) is 0 Å². The largest absolute Gasteiger partial charge is 0.479 e. The van der Waals surface area contributed by atoms with E-state index in [2.05, 4.69) is 0 Å². The molecule has 0 spiro atoms.